The van der Waals surface area contributed by atoms with Gasteiger partial charge in [0.25, 0.3) is 0 Å². The first kappa shape index (κ1) is 20.0. The van der Waals surface area contributed by atoms with Crippen LogP contribution in [-0.2, 0) is 12.5 Å². The molecule has 0 amide bonds. The molecule has 0 aromatic carbocycles. The minimum Gasteiger partial charge on any atom is -0.284 e. The molecule has 4 rings (SSSR count). The van der Waals surface area contributed by atoms with Gasteiger partial charge in [0.15, 0.2) is 0 Å². The van der Waals surface area contributed by atoms with Gasteiger partial charge in [-0.15, -0.1) is 0 Å². The molecule has 1 aliphatic carbocycles. The van der Waals surface area contributed by atoms with Crippen molar-refractivity contribution < 1.29 is 0 Å². The average Bonchev–Trinajstić information content (AvgIpc) is 3.38. The summed E-state index contributed by atoms with van der Waals surface area (Å²) in [5.41, 5.74) is 10.1. The van der Waals surface area contributed by atoms with Crippen molar-refractivity contribution in [1.29, 1.82) is 0 Å². The lowest BCUT2D eigenvalue weighted by atomic mass is 9.79. The van der Waals surface area contributed by atoms with E-state index in [-0.39, 0.29) is 5.41 Å². The molecular formula is C26H35N3. The molecule has 3 nitrogen and oxygen atoms in total. The Morgan fingerprint density at radius 3 is 2.48 bits per heavy atom. The van der Waals surface area contributed by atoms with E-state index < -0.39 is 0 Å². The highest BCUT2D eigenvalue weighted by Crippen LogP contribution is 2.44. The molecule has 3 heterocycles. The van der Waals surface area contributed by atoms with Crippen LogP contribution in [0.2, 0.25) is 0 Å². The van der Waals surface area contributed by atoms with Gasteiger partial charge >= 0.3 is 0 Å². The number of allylic oxidation sites excluding steroid dienone is 1. The monoisotopic (exact) mass is 389 g/mol. The van der Waals surface area contributed by atoms with Crippen molar-refractivity contribution in [1.82, 2.24) is 14.2 Å². The van der Waals surface area contributed by atoms with E-state index in [4.69, 9.17) is 4.98 Å². The van der Waals surface area contributed by atoms with Crippen molar-refractivity contribution in [2.24, 2.45) is 7.05 Å². The van der Waals surface area contributed by atoms with Crippen molar-refractivity contribution in [2.75, 3.05) is 0 Å². The summed E-state index contributed by atoms with van der Waals surface area (Å²) in [5, 5.41) is 0. The SMILES string of the molecule is C=C(CCC)c1cc2c(-c3cc(C)cc(C4(CC)CCCC4)n3)cc(C)n2n1C. The minimum atomic E-state index is 0.270. The van der Waals surface area contributed by atoms with E-state index >= 15 is 0 Å². The van der Waals surface area contributed by atoms with Crippen LogP contribution in [0, 0.1) is 13.8 Å². The minimum absolute atomic E-state index is 0.270. The summed E-state index contributed by atoms with van der Waals surface area (Å²) in [5.74, 6) is 0. The number of fused-ring (bicyclic) bond motifs is 1. The van der Waals surface area contributed by atoms with Gasteiger partial charge in [0.1, 0.15) is 0 Å². The summed E-state index contributed by atoms with van der Waals surface area (Å²) in [7, 11) is 2.14. The third kappa shape index (κ3) is 3.25. The Bertz CT molecular complexity index is 1060. The number of hydrogen-bond acceptors (Lipinski definition) is 1. The van der Waals surface area contributed by atoms with Crippen LogP contribution < -0.4 is 0 Å². The van der Waals surface area contributed by atoms with Crippen molar-refractivity contribution >= 4 is 11.1 Å². The highest BCUT2D eigenvalue weighted by Gasteiger charge is 2.35. The predicted octanol–water partition coefficient (Wildman–Crippen LogP) is 6.99. The van der Waals surface area contributed by atoms with E-state index in [2.05, 4.69) is 74.8 Å². The Hall–Kier alpha value is -2.29. The Kier molecular flexibility index (Phi) is 5.18. The van der Waals surface area contributed by atoms with Gasteiger partial charge in [0.2, 0.25) is 0 Å². The van der Waals surface area contributed by atoms with E-state index in [0.717, 1.165) is 18.5 Å². The van der Waals surface area contributed by atoms with Gasteiger partial charge in [-0.05, 0) is 74.9 Å². The fourth-order valence-corrected chi connectivity index (χ4v) is 5.40. The molecule has 0 spiro atoms. The second kappa shape index (κ2) is 7.51. The van der Waals surface area contributed by atoms with E-state index in [0.29, 0.717) is 0 Å². The van der Waals surface area contributed by atoms with Gasteiger partial charge in [-0.1, -0.05) is 39.7 Å². The van der Waals surface area contributed by atoms with Crippen LogP contribution in [0.1, 0.15) is 81.4 Å². The van der Waals surface area contributed by atoms with Gasteiger partial charge in [-0.25, -0.2) is 0 Å². The third-order valence-corrected chi connectivity index (χ3v) is 7.05. The summed E-state index contributed by atoms with van der Waals surface area (Å²) in [6, 6.07) is 9.18. The second-order valence-corrected chi connectivity index (χ2v) is 9.06. The van der Waals surface area contributed by atoms with Crippen LogP contribution in [0.4, 0.5) is 0 Å². The Morgan fingerprint density at radius 1 is 1.10 bits per heavy atom. The van der Waals surface area contributed by atoms with Crippen LogP contribution in [0.5, 0.6) is 0 Å². The Labute approximate surface area is 175 Å². The first-order chi connectivity index (χ1) is 13.9. The predicted molar refractivity (Wildman–Crippen MR) is 123 cm³/mol. The lowest BCUT2D eigenvalue weighted by Gasteiger charge is -2.27. The van der Waals surface area contributed by atoms with E-state index in [1.54, 1.807) is 0 Å². The van der Waals surface area contributed by atoms with Gasteiger partial charge in [-0.2, -0.15) is 0 Å². The van der Waals surface area contributed by atoms with Gasteiger partial charge in [0.05, 0.1) is 16.9 Å². The second-order valence-electron chi connectivity index (χ2n) is 9.06. The normalized spacial score (nSPS) is 16.0. The topological polar surface area (TPSA) is 22.2 Å². The molecule has 0 unspecified atom stereocenters. The number of nitrogens with zero attached hydrogens (tertiary/aromatic N) is 3. The highest BCUT2D eigenvalue weighted by atomic mass is 15.4. The summed E-state index contributed by atoms with van der Waals surface area (Å²) < 4.78 is 4.55. The molecule has 1 aliphatic rings. The molecule has 0 N–H and O–H groups in total. The van der Waals surface area contributed by atoms with Gasteiger partial charge in [-0.3, -0.25) is 14.2 Å². The smallest absolute Gasteiger partial charge is 0.0744 e. The molecule has 29 heavy (non-hydrogen) atoms. The quantitative estimate of drug-likeness (QED) is 0.445. The average molecular weight is 390 g/mol. The van der Waals surface area contributed by atoms with Crippen LogP contribution in [0.25, 0.3) is 22.3 Å². The van der Waals surface area contributed by atoms with E-state index in [9.17, 15) is 0 Å². The maximum Gasteiger partial charge on any atom is 0.0744 e. The molecular weight excluding hydrogens is 354 g/mol. The number of pyridine rings is 1. The fourth-order valence-electron chi connectivity index (χ4n) is 5.40. The standard InChI is InChI=1S/C26H35N3/c1-7-11-19(4)23-17-24-21(16-20(5)29(24)28(23)6)22-14-18(3)15-25(27-22)26(8-2)12-9-10-13-26/h14-17H,4,7-13H2,1-3,5-6H3. The van der Waals surface area contributed by atoms with Crippen LogP contribution >= 0.6 is 0 Å². The molecule has 3 aromatic heterocycles. The maximum atomic E-state index is 5.27. The van der Waals surface area contributed by atoms with E-state index in [1.165, 1.54) is 71.4 Å². The van der Waals surface area contributed by atoms with Crippen LogP contribution in [0.3, 0.4) is 0 Å². The number of aromatic nitrogens is 3. The molecule has 0 atom stereocenters. The largest absolute Gasteiger partial charge is 0.284 e. The van der Waals surface area contributed by atoms with E-state index in [1.807, 2.05) is 0 Å². The highest BCUT2D eigenvalue weighted by molar-refractivity contribution is 5.83. The van der Waals surface area contributed by atoms with Gasteiger partial charge in [0, 0.05) is 29.4 Å². The molecule has 154 valence electrons. The van der Waals surface area contributed by atoms with Crippen LogP contribution in [-0.4, -0.2) is 14.2 Å². The molecule has 3 heteroatoms. The lowest BCUT2D eigenvalue weighted by Crippen LogP contribution is -2.22. The Morgan fingerprint density at radius 2 is 1.83 bits per heavy atom. The number of rotatable bonds is 6. The number of hydrogen-bond donors (Lipinski definition) is 0. The molecule has 1 saturated carbocycles. The van der Waals surface area contributed by atoms with Crippen molar-refractivity contribution in [2.45, 2.75) is 78.1 Å². The fraction of sp³-hybridized carbons (Fsp3) is 0.500. The van der Waals surface area contributed by atoms with Crippen molar-refractivity contribution in [3.63, 3.8) is 0 Å². The molecule has 1 fully saturated rings. The zero-order valence-corrected chi connectivity index (χ0v) is 18.8. The molecule has 0 aliphatic heterocycles. The molecule has 3 aromatic rings. The molecule has 0 saturated heterocycles. The van der Waals surface area contributed by atoms with Gasteiger partial charge < -0.3 is 0 Å². The summed E-state index contributed by atoms with van der Waals surface area (Å²) in [6.45, 7) is 13.3. The zero-order valence-electron chi connectivity index (χ0n) is 18.8. The van der Waals surface area contributed by atoms with Crippen LogP contribution in [0.15, 0.2) is 30.8 Å². The van der Waals surface area contributed by atoms with Crippen molar-refractivity contribution in [3.05, 3.63) is 53.5 Å². The van der Waals surface area contributed by atoms with Crippen molar-refractivity contribution in [3.8, 4) is 11.3 Å². The first-order valence-electron chi connectivity index (χ1n) is 11.3. The molecule has 0 bridgehead atoms. The summed E-state index contributed by atoms with van der Waals surface area (Å²) in [4.78, 5) is 5.27. The molecule has 0 radical (unpaired) electrons. The maximum absolute atomic E-state index is 5.27. The summed E-state index contributed by atoms with van der Waals surface area (Å²) in [6.07, 6.45) is 8.53. The lowest BCUT2D eigenvalue weighted by molar-refractivity contribution is 0.412. The first-order valence-corrected chi connectivity index (χ1v) is 11.3. The Balaban J connectivity index is 1.87. The number of aryl methyl sites for hydroxylation is 3. The third-order valence-electron chi connectivity index (χ3n) is 7.05. The summed E-state index contributed by atoms with van der Waals surface area (Å²) >= 11 is 0. The zero-order chi connectivity index (χ0) is 20.8.